The van der Waals surface area contributed by atoms with Gasteiger partial charge < -0.3 is 5.11 Å². The third-order valence-corrected chi connectivity index (χ3v) is 4.64. The lowest BCUT2D eigenvalue weighted by molar-refractivity contribution is -0.140. The minimum atomic E-state index is -3.61. The van der Waals surface area contributed by atoms with Crippen LogP contribution >= 0.6 is 0 Å². The molecular weight excluding hydrogens is 278 g/mol. The molecule has 0 heterocycles. The van der Waals surface area contributed by atoms with Crippen molar-refractivity contribution in [2.75, 3.05) is 5.75 Å². The average molecular weight is 299 g/mol. The SMILES string of the molecule is CCC(C)[C@H](NS(=O)(=O)CCc1ccccc1)C(=O)O. The number of carbonyl (C=O) groups is 1. The molecule has 0 spiro atoms. The van der Waals surface area contributed by atoms with Gasteiger partial charge in [-0.2, -0.15) is 0 Å². The third kappa shape index (κ3) is 5.30. The molecule has 0 saturated carbocycles. The minimum Gasteiger partial charge on any atom is -0.480 e. The van der Waals surface area contributed by atoms with E-state index < -0.39 is 22.0 Å². The molecule has 1 rings (SSSR count). The highest BCUT2D eigenvalue weighted by Crippen LogP contribution is 2.10. The van der Waals surface area contributed by atoms with Crippen LogP contribution in [0.5, 0.6) is 0 Å². The predicted octanol–water partition coefficient (Wildman–Crippen LogP) is 1.65. The number of hydrogen-bond donors (Lipinski definition) is 2. The summed E-state index contributed by atoms with van der Waals surface area (Å²) in [6, 6.07) is 8.17. The molecule has 5 nitrogen and oxygen atoms in total. The summed E-state index contributed by atoms with van der Waals surface area (Å²) < 4.78 is 26.2. The zero-order chi connectivity index (χ0) is 15.2. The normalized spacial score (nSPS) is 14.7. The highest BCUT2D eigenvalue weighted by atomic mass is 32.2. The fourth-order valence-electron chi connectivity index (χ4n) is 1.79. The van der Waals surface area contributed by atoms with Crippen LogP contribution in [0.3, 0.4) is 0 Å². The quantitative estimate of drug-likeness (QED) is 0.764. The maximum absolute atomic E-state index is 12.0. The Kier molecular flexibility index (Phi) is 6.16. The number of aliphatic carboxylic acids is 1. The first kappa shape index (κ1) is 16.7. The second-order valence-electron chi connectivity index (χ2n) is 4.87. The predicted molar refractivity (Wildman–Crippen MR) is 77.9 cm³/mol. The third-order valence-electron chi connectivity index (χ3n) is 3.29. The van der Waals surface area contributed by atoms with E-state index in [4.69, 9.17) is 5.11 Å². The molecule has 0 amide bonds. The maximum atomic E-state index is 12.0. The summed E-state index contributed by atoms with van der Waals surface area (Å²) in [5, 5.41) is 9.10. The summed E-state index contributed by atoms with van der Waals surface area (Å²) in [5.74, 6) is -1.50. The van der Waals surface area contributed by atoms with Crippen molar-refractivity contribution < 1.29 is 18.3 Å². The summed E-state index contributed by atoms with van der Waals surface area (Å²) in [6.07, 6.45) is 0.960. The average Bonchev–Trinajstić information content (AvgIpc) is 2.43. The van der Waals surface area contributed by atoms with Gasteiger partial charge in [0.25, 0.3) is 0 Å². The van der Waals surface area contributed by atoms with Gasteiger partial charge in [-0.3, -0.25) is 4.79 Å². The van der Waals surface area contributed by atoms with E-state index in [0.717, 1.165) is 5.56 Å². The molecule has 1 aromatic carbocycles. The van der Waals surface area contributed by atoms with Gasteiger partial charge in [-0.05, 0) is 17.9 Å². The number of rotatable bonds is 8. The van der Waals surface area contributed by atoms with Crippen LogP contribution in [0.2, 0.25) is 0 Å². The molecule has 0 aliphatic heterocycles. The van der Waals surface area contributed by atoms with Crippen LogP contribution in [0, 0.1) is 5.92 Å². The summed E-state index contributed by atoms with van der Waals surface area (Å²) in [5.41, 5.74) is 0.910. The first-order valence-electron chi connectivity index (χ1n) is 6.62. The standard InChI is InChI=1S/C14H21NO4S/c1-3-11(2)13(14(16)17)15-20(18,19)10-9-12-7-5-4-6-8-12/h4-8,11,13,15H,3,9-10H2,1-2H3,(H,16,17)/t11?,13-/m0/s1. The fraction of sp³-hybridized carbons (Fsp3) is 0.500. The number of carboxylic acid groups (broad SMARTS) is 1. The van der Waals surface area contributed by atoms with Crippen molar-refractivity contribution in [1.82, 2.24) is 4.72 Å². The van der Waals surface area contributed by atoms with Gasteiger partial charge in [-0.25, -0.2) is 13.1 Å². The number of benzene rings is 1. The van der Waals surface area contributed by atoms with Crippen LogP contribution in [-0.2, 0) is 21.2 Å². The van der Waals surface area contributed by atoms with E-state index in [9.17, 15) is 13.2 Å². The van der Waals surface area contributed by atoms with E-state index in [1.165, 1.54) is 0 Å². The van der Waals surface area contributed by atoms with Crippen LogP contribution in [-0.4, -0.2) is 31.3 Å². The molecule has 1 aromatic rings. The van der Waals surface area contributed by atoms with Crippen LogP contribution in [0.25, 0.3) is 0 Å². The highest BCUT2D eigenvalue weighted by Gasteiger charge is 2.28. The minimum absolute atomic E-state index is 0.114. The Balaban J connectivity index is 2.66. The summed E-state index contributed by atoms with van der Waals surface area (Å²) in [7, 11) is -3.61. The van der Waals surface area contributed by atoms with Crippen molar-refractivity contribution in [2.24, 2.45) is 5.92 Å². The first-order valence-corrected chi connectivity index (χ1v) is 8.27. The number of sulfonamides is 1. The second kappa shape index (κ2) is 7.40. The second-order valence-corrected chi connectivity index (χ2v) is 6.75. The Labute approximate surface area is 120 Å². The summed E-state index contributed by atoms with van der Waals surface area (Å²) in [6.45, 7) is 3.55. The molecule has 0 radical (unpaired) electrons. The lowest BCUT2D eigenvalue weighted by Gasteiger charge is -2.20. The van der Waals surface area contributed by atoms with Gasteiger partial charge in [0.2, 0.25) is 10.0 Å². The summed E-state index contributed by atoms with van der Waals surface area (Å²) >= 11 is 0. The molecule has 1 unspecified atom stereocenters. The zero-order valence-corrected chi connectivity index (χ0v) is 12.6. The summed E-state index contributed by atoms with van der Waals surface area (Å²) in [4.78, 5) is 11.1. The molecule has 2 atom stereocenters. The van der Waals surface area contributed by atoms with Gasteiger partial charge in [0.15, 0.2) is 0 Å². The molecule has 0 bridgehead atoms. The lowest BCUT2D eigenvalue weighted by Crippen LogP contribution is -2.45. The van der Waals surface area contributed by atoms with E-state index in [1.807, 2.05) is 37.3 Å². The molecule has 2 N–H and O–H groups in total. The van der Waals surface area contributed by atoms with Gasteiger partial charge in [0, 0.05) is 0 Å². The van der Waals surface area contributed by atoms with Crippen molar-refractivity contribution in [3.63, 3.8) is 0 Å². The molecule has 112 valence electrons. The van der Waals surface area contributed by atoms with E-state index in [-0.39, 0.29) is 11.7 Å². The number of hydrogen-bond acceptors (Lipinski definition) is 3. The molecule has 6 heteroatoms. The molecular formula is C14H21NO4S. The van der Waals surface area contributed by atoms with Gasteiger partial charge in [-0.1, -0.05) is 50.6 Å². The van der Waals surface area contributed by atoms with Crippen molar-refractivity contribution >= 4 is 16.0 Å². The lowest BCUT2D eigenvalue weighted by atomic mass is 10.0. The molecule has 0 aliphatic rings. The van der Waals surface area contributed by atoms with Crippen LogP contribution < -0.4 is 4.72 Å². The van der Waals surface area contributed by atoms with Crippen molar-refractivity contribution in [3.8, 4) is 0 Å². The largest absolute Gasteiger partial charge is 0.480 e. The van der Waals surface area contributed by atoms with Gasteiger partial charge in [0.05, 0.1) is 5.75 Å². The molecule has 0 fully saturated rings. The smallest absolute Gasteiger partial charge is 0.322 e. The van der Waals surface area contributed by atoms with E-state index in [2.05, 4.69) is 4.72 Å². The number of aryl methyl sites for hydroxylation is 1. The number of carboxylic acids is 1. The zero-order valence-electron chi connectivity index (χ0n) is 11.7. The fourth-order valence-corrected chi connectivity index (χ4v) is 3.14. The van der Waals surface area contributed by atoms with Crippen LogP contribution in [0.1, 0.15) is 25.8 Å². The Morgan fingerprint density at radius 2 is 1.90 bits per heavy atom. The molecule has 20 heavy (non-hydrogen) atoms. The van der Waals surface area contributed by atoms with Crippen molar-refractivity contribution in [2.45, 2.75) is 32.7 Å². The maximum Gasteiger partial charge on any atom is 0.322 e. The van der Waals surface area contributed by atoms with E-state index in [1.54, 1.807) is 6.92 Å². The molecule has 0 aromatic heterocycles. The topological polar surface area (TPSA) is 83.5 Å². The monoisotopic (exact) mass is 299 g/mol. The number of nitrogens with one attached hydrogen (secondary N) is 1. The van der Waals surface area contributed by atoms with Crippen molar-refractivity contribution in [3.05, 3.63) is 35.9 Å². The van der Waals surface area contributed by atoms with E-state index >= 15 is 0 Å². The van der Waals surface area contributed by atoms with Crippen LogP contribution in [0.4, 0.5) is 0 Å². The Hall–Kier alpha value is -1.40. The highest BCUT2D eigenvalue weighted by molar-refractivity contribution is 7.89. The Morgan fingerprint density at radius 3 is 2.40 bits per heavy atom. The van der Waals surface area contributed by atoms with Gasteiger partial charge in [-0.15, -0.1) is 0 Å². The van der Waals surface area contributed by atoms with Crippen LogP contribution in [0.15, 0.2) is 30.3 Å². The first-order chi connectivity index (χ1) is 9.35. The van der Waals surface area contributed by atoms with Crippen molar-refractivity contribution in [1.29, 1.82) is 0 Å². The van der Waals surface area contributed by atoms with Gasteiger partial charge >= 0.3 is 5.97 Å². The molecule has 0 saturated heterocycles. The molecule has 0 aliphatic carbocycles. The Bertz CT molecular complexity index is 527. The van der Waals surface area contributed by atoms with Gasteiger partial charge in [0.1, 0.15) is 6.04 Å². The Morgan fingerprint density at radius 1 is 1.30 bits per heavy atom. The van der Waals surface area contributed by atoms with E-state index in [0.29, 0.717) is 12.8 Å².